The van der Waals surface area contributed by atoms with E-state index in [4.69, 9.17) is 26.1 Å². The zero-order valence-electron chi connectivity index (χ0n) is 39.4. The molecule has 4 heterocycles. The number of carboxylic acids is 1. The van der Waals surface area contributed by atoms with Gasteiger partial charge in [0.2, 0.25) is 10.0 Å². The predicted molar refractivity (Wildman–Crippen MR) is 265 cm³/mol. The molecule has 0 amide bonds. The number of esters is 1. The van der Waals surface area contributed by atoms with E-state index < -0.39 is 33.9 Å². The van der Waals surface area contributed by atoms with Crippen LogP contribution in [-0.4, -0.2) is 92.3 Å². The third kappa shape index (κ3) is 9.28. The maximum atomic E-state index is 14.7. The average Bonchev–Trinajstić information content (AvgIpc) is 4.07. The van der Waals surface area contributed by atoms with E-state index in [1.54, 1.807) is 48.4 Å². The fourth-order valence-corrected chi connectivity index (χ4v) is 12.4. The molecule has 0 spiro atoms. The fourth-order valence-electron chi connectivity index (χ4n) is 9.84. The van der Waals surface area contributed by atoms with Crippen LogP contribution >= 0.6 is 22.9 Å². The molecule has 4 atom stereocenters. The molecule has 16 nitrogen and oxygen atoms in total. The van der Waals surface area contributed by atoms with E-state index in [0.717, 1.165) is 51.2 Å². The summed E-state index contributed by atoms with van der Waals surface area (Å²) in [6.45, 7) is 3.88. The normalized spacial score (nSPS) is 17.4. The number of aliphatic carboxylic acids is 1. The number of aromatic nitrogens is 6. The van der Waals surface area contributed by atoms with Gasteiger partial charge in [0.05, 0.1) is 42.5 Å². The van der Waals surface area contributed by atoms with E-state index >= 15 is 0 Å². The molecule has 4 aromatic carbocycles. The summed E-state index contributed by atoms with van der Waals surface area (Å²) in [5.74, 6) is -1.24. The van der Waals surface area contributed by atoms with Crippen molar-refractivity contribution in [2.45, 2.75) is 81.7 Å². The number of carboxylic acid groups (broad SMARTS) is 1. The standard InChI is InChI=1S/C51H51ClN8O8S2/c1-28-10-11-33(39(24-43(61)62)35-22-40-47(42(23-35)67-5)59(4)57-55-40)21-36(28)26-58(3)70(65,66)38-18-14-30(15-19-38)32-8-7-9-34(20-32)48(64)49-29(2)45-46(31-12-16-37(52)17-13-31)54-41(25-44(63)68-6)50-56-53-27-60(50)51(45)69-49/h10-19,21-23,27,32,34,39,41H,7-9,20,24-26H2,1-6H3,(H,61,62)/t32?,34-,39?,41-/m0/s1. The molecule has 1 fully saturated rings. The molecule has 0 saturated heterocycles. The van der Waals surface area contributed by atoms with Crippen molar-refractivity contribution in [3.05, 3.63) is 145 Å². The van der Waals surface area contributed by atoms with Crippen molar-refractivity contribution in [1.82, 2.24) is 34.1 Å². The minimum absolute atomic E-state index is 0.0313. The quantitative estimate of drug-likeness (QED) is 0.0756. The molecule has 362 valence electrons. The van der Waals surface area contributed by atoms with E-state index in [-0.39, 0.29) is 41.9 Å². The Morgan fingerprint density at radius 2 is 1.73 bits per heavy atom. The van der Waals surface area contributed by atoms with Gasteiger partial charge in [-0.2, -0.15) is 4.31 Å². The third-order valence-electron chi connectivity index (χ3n) is 13.6. The first-order valence-electron chi connectivity index (χ1n) is 22.8. The molecule has 0 bridgehead atoms. The summed E-state index contributed by atoms with van der Waals surface area (Å²) in [4.78, 5) is 45.3. The Morgan fingerprint density at radius 3 is 2.44 bits per heavy atom. The third-order valence-corrected chi connectivity index (χ3v) is 17.0. The molecule has 1 N–H and O–H groups in total. The molecule has 70 heavy (non-hydrogen) atoms. The molecule has 7 aromatic rings. The van der Waals surface area contributed by atoms with Crippen LogP contribution in [0, 0.1) is 19.8 Å². The van der Waals surface area contributed by atoms with Crippen molar-refractivity contribution in [3.8, 4) is 10.8 Å². The maximum absolute atomic E-state index is 14.7. The first-order chi connectivity index (χ1) is 33.6. The first kappa shape index (κ1) is 48.4. The number of ether oxygens (including phenoxy) is 2. The number of carbonyl (C=O) groups is 3. The number of rotatable bonds is 15. The number of Topliss-reactive ketones (excluding diaryl/α,β-unsaturated/α-hetero) is 1. The molecule has 2 unspecified atom stereocenters. The number of sulfonamides is 1. The molecule has 9 rings (SSSR count). The Morgan fingerprint density at radius 1 is 0.971 bits per heavy atom. The Labute approximate surface area is 414 Å². The Hall–Kier alpha value is -6.60. The number of aliphatic imine (C=N–C) groups is 1. The highest BCUT2D eigenvalue weighted by molar-refractivity contribution is 7.89. The van der Waals surface area contributed by atoms with Crippen LogP contribution in [-0.2, 0) is 37.9 Å². The highest BCUT2D eigenvalue weighted by Crippen LogP contribution is 2.44. The number of halogens is 1. The summed E-state index contributed by atoms with van der Waals surface area (Å²) in [7, 11) is 2.21. The van der Waals surface area contributed by atoms with Gasteiger partial charge in [-0.05, 0) is 109 Å². The van der Waals surface area contributed by atoms with Gasteiger partial charge in [0.25, 0.3) is 0 Å². The van der Waals surface area contributed by atoms with E-state index in [1.807, 2.05) is 66.9 Å². The molecular formula is C51H51ClN8O8S2. The Kier molecular flexibility index (Phi) is 13.6. The predicted octanol–water partition coefficient (Wildman–Crippen LogP) is 8.93. The van der Waals surface area contributed by atoms with Crippen LogP contribution < -0.4 is 4.74 Å². The Balaban J connectivity index is 0.934. The van der Waals surface area contributed by atoms with E-state index in [9.17, 15) is 27.9 Å². The number of carbonyl (C=O) groups excluding carboxylic acids is 2. The van der Waals surface area contributed by atoms with Gasteiger partial charge in [0.1, 0.15) is 34.2 Å². The van der Waals surface area contributed by atoms with Crippen molar-refractivity contribution in [2.24, 2.45) is 18.0 Å². The van der Waals surface area contributed by atoms with Crippen LogP contribution in [0.5, 0.6) is 5.75 Å². The van der Waals surface area contributed by atoms with E-state index in [2.05, 4.69) is 20.5 Å². The molecule has 19 heteroatoms. The van der Waals surface area contributed by atoms with Gasteiger partial charge < -0.3 is 14.6 Å². The first-order valence-corrected chi connectivity index (χ1v) is 25.4. The molecule has 2 aliphatic rings. The molecule has 1 aliphatic heterocycles. The zero-order valence-corrected chi connectivity index (χ0v) is 41.8. The van der Waals surface area contributed by atoms with Gasteiger partial charge in [-0.25, -0.2) is 13.1 Å². The second-order valence-electron chi connectivity index (χ2n) is 18.0. The number of hydrogen-bond acceptors (Lipinski definition) is 13. The fraction of sp³-hybridized carbons (Fsp3) is 0.333. The lowest BCUT2D eigenvalue weighted by molar-refractivity contribution is -0.141. The zero-order chi connectivity index (χ0) is 49.6. The minimum Gasteiger partial charge on any atom is -0.494 e. The number of thiophene rings is 1. The van der Waals surface area contributed by atoms with Gasteiger partial charge in [-0.15, -0.1) is 26.6 Å². The molecule has 3 aromatic heterocycles. The van der Waals surface area contributed by atoms with Crippen LogP contribution in [0.15, 0.2) is 95.1 Å². The summed E-state index contributed by atoms with van der Waals surface area (Å²) < 4.78 is 43.7. The number of benzene rings is 4. The lowest BCUT2D eigenvalue weighted by Crippen LogP contribution is -2.27. The van der Waals surface area contributed by atoms with E-state index in [0.29, 0.717) is 62.2 Å². The van der Waals surface area contributed by atoms with Crippen molar-refractivity contribution in [3.63, 3.8) is 0 Å². The SMILES string of the molecule is COC(=O)C[C@@H]1N=C(c2ccc(Cl)cc2)c2c(sc(C(=O)[C@H]3CCCC(c4ccc(S(=O)(=O)N(C)Cc5cc(C(CC(=O)O)c6cc(OC)c7c(c6)nnn7C)ccc5C)cc4)C3)c2C)-n2cnnc21. The molecule has 1 saturated carbocycles. The van der Waals surface area contributed by atoms with Crippen LogP contribution in [0.4, 0.5) is 0 Å². The van der Waals surface area contributed by atoms with Crippen molar-refractivity contribution >= 4 is 67.4 Å². The second kappa shape index (κ2) is 19.7. The minimum atomic E-state index is -3.96. The van der Waals surface area contributed by atoms with Crippen molar-refractivity contribution < 1.29 is 37.4 Å². The highest BCUT2D eigenvalue weighted by Gasteiger charge is 2.36. The average molecular weight is 1000 g/mol. The van der Waals surface area contributed by atoms with Crippen LogP contribution in [0.1, 0.15) is 116 Å². The summed E-state index contributed by atoms with van der Waals surface area (Å²) >= 11 is 7.66. The van der Waals surface area contributed by atoms with Gasteiger partial charge >= 0.3 is 11.9 Å². The monoisotopic (exact) mass is 1000 g/mol. The van der Waals surface area contributed by atoms with Crippen molar-refractivity contribution in [2.75, 3.05) is 21.3 Å². The molecular weight excluding hydrogens is 952 g/mol. The second-order valence-corrected chi connectivity index (χ2v) is 21.5. The number of methoxy groups -OCH3 is 2. The number of ketones is 1. The van der Waals surface area contributed by atoms with Crippen LogP contribution in [0.3, 0.4) is 0 Å². The lowest BCUT2D eigenvalue weighted by atomic mass is 9.76. The van der Waals surface area contributed by atoms with Crippen LogP contribution in [0.25, 0.3) is 16.0 Å². The van der Waals surface area contributed by atoms with Gasteiger partial charge in [0, 0.05) is 48.6 Å². The maximum Gasteiger partial charge on any atom is 0.308 e. The lowest BCUT2D eigenvalue weighted by Gasteiger charge is -2.29. The van der Waals surface area contributed by atoms with Gasteiger partial charge in [-0.1, -0.05) is 65.7 Å². The number of hydrogen-bond donors (Lipinski definition) is 1. The summed E-state index contributed by atoms with van der Waals surface area (Å²) in [6.07, 6.45) is 4.32. The number of aryl methyl sites for hydroxylation is 2. The van der Waals surface area contributed by atoms with Crippen LogP contribution in [0.2, 0.25) is 5.02 Å². The van der Waals surface area contributed by atoms with Gasteiger partial charge in [-0.3, -0.25) is 23.9 Å². The summed E-state index contributed by atoms with van der Waals surface area (Å²) in [5, 5.41) is 28.2. The smallest absolute Gasteiger partial charge is 0.308 e. The molecule has 0 radical (unpaired) electrons. The summed E-state index contributed by atoms with van der Waals surface area (Å²) in [6, 6.07) is 22.8. The summed E-state index contributed by atoms with van der Waals surface area (Å²) in [5.41, 5.74) is 8.13. The molecule has 1 aliphatic carbocycles. The van der Waals surface area contributed by atoms with E-state index in [1.165, 1.54) is 36.9 Å². The Bertz CT molecular complexity index is 3310. The largest absolute Gasteiger partial charge is 0.494 e. The number of nitrogens with zero attached hydrogens (tertiary/aromatic N) is 8. The topological polar surface area (TPSA) is 201 Å². The van der Waals surface area contributed by atoms with Gasteiger partial charge in [0.15, 0.2) is 11.6 Å². The highest BCUT2D eigenvalue weighted by atomic mass is 35.5. The number of fused-ring (bicyclic) bond motifs is 4. The van der Waals surface area contributed by atoms with Crippen molar-refractivity contribution in [1.29, 1.82) is 0 Å².